The van der Waals surface area contributed by atoms with E-state index in [1.165, 1.54) is 12.8 Å². The molecule has 1 fully saturated rings. The van der Waals surface area contributed by atoms with E-state index in [1.54, 1.807) is 14.1 Å². The monoisotopic (exact) mass is 368 g/mol. The van der Waals surface area contributed by atoms with Crippen molar-refractivity contribution in [3.05, 3.63) is 58.9 Å². The van der Waals surface area contributed by atoms with E-state index in [-0.39, 0.29) is 17.9 Å². The lowest BCUT2D eigenvalue weighted by Crippen LogP contribution is -2.34. The molecule has 2 amide bonds. The molecule has 1 saturated heterocycles. The van der Waals surface area contributed by atoms with Crippen molar-refractivity contribution in [2.24, 2.45) is 7.05 Å². The number of hydrogen-bond acceptors (Lipinski definition) is 3. The lowest BCUT2D eigenvalue weighted by molar-refractivity contribution is 0.0948. The van der Waals surface area contributed by atoms with Crippen LogP contribution in [0.15, 0.2) is 36.4 Å². The Balaban J connectivity index is 1.84. The molecule has 0 radical (unpaired) electrons. The molecule has 0 unspecified atom stereocenters. The number of hydrogen-bond donors (Lipinski definition) is 2. The Bertz CT molecular complexity index is 827. The van der Waals surface area contributed by atoms with Gasteiger partial charge in [-0.3, -0.25) is 14.5 Å². The summed E-state index contributed by atoms with van der Waals surface area (Å²) in [4.78, 5) is 26.4. The van der Waals surface area contributed by atoms with E-state index in [4.69, 9.17) is 0 Å². The highest BCUT2D eigenvalue weighted by atomic mass is 16.2. The van der Waals surface area contributed by atoms with Crippen LogP contribution in [0.5, 0.6) is 0 Å². The summed E-state index contributed by atoms with van der Waals surface area (Å²) in [6.07, 6.45) is 3.42. The van der Waals surface area contributed by atoms with Crippen LogP contribution in [0.3, 0.4) is 0 Å². The minimum Gasteiger partial charge on any atom is -0.355 e. The fraction of sp³-hybridized carbons (Fsp3) is 0.429. The SMILES string of the molecule is CNC(=O)c1cccc(CN2CCCC[C@@H]2c2ccc(C(=O)NC)n2C)c1. The first-order valence-corrected chi connectivity index (χ1v) is 9.48. The number of nitrogens with one attached hydrogen (secondary N) is 2. The molecule has 0 bridgehead atoms. The number of carbonyl (C=O) groups is 2. The van der Waals surface area contributed by atoms with Crippen molar-refractivity contribution in [3.8, 4) is 0 Å². The van der Waals surface area contributed by atoms with Crippen LogP contribution in [-0.2, 0) is 13.6 Å². The number of benzene rings is 1. The highest BCUT2D eigenvalue weighted by Crippen LogP contribution is 2.33. The number of amides is 2. The molecule has 1 aromatic carbocycles. The highest BCUT2D eigenvalue weighted by molar-refractivity contribution is 5.94. The van der Waals surface area contributed by atoms with Crippen LogP contribution in [-0.4, -0.2) is 41.9 Å². The van der Waals surface area contributed by atoms with E-state index < -0.39 is 0 Å². The summed E-state index contributed by atoms with van der Waals surface area (Å²) >= 11 is 0. The van der Waals surface area contributed by atoms with Gasteiger partial charge in [-0.2, -0.15) is 0 Å². The molecule has 1 atom stereocenters. The molecule has 3 rings (SSSR count). The van der Waals surface area contributed by atoms with Crippen LogP contribution >= 0.6 is 0 Å². The van der Waals surface area contributed by atoms with Gasteiger partial charge in [0.25, 0.3) is 11.8 Å². The molecule has 0 aliphatic carbocycles. The van der Waals surface area contributed by atoms with Crippen LogP contribution in [0.4, 0.5) is 0 Å². The lowest BCUT2D eigenvalue weighted by Gasteiger charge is -2.36. The summed E-state index contributed by atoms with van der Waals surface area (Å²) in [6.45, 7) is 1.80. The standard InChI is InChI=1S/C21H28N4O2/c1-22-20(26)16-8-6-7-15(13-16)14-25-12-5-4-9-18(25)17-10-11-19(24(17)3)21(27)23-2/h6-8,10-11,13,18H,4-5,9,12,14H2,1-3H3,(H,22,26)(H,23,27)/t18-/m1/s1. The van der Waals surface area contributed by atoms with Crippen molar-refractivity contribution in [3.63, 3.8) is 0 Å². The molecule has 2 heterocycles. The fourth-order valence-corrected chi connectivity index (χ4v) is 3.92. The first kappa shape index (κ1) is 19.2. The normalized spacial score (nSPS) is 17.5. The Labute approximate surface area is 160 Å². The van der Waals surface area contributed by atoms with Crippen LogP contribution in [0.2, 0.25) is 0 Å². The van der Waals surface area contributed by atoms with Gasteiger partial charge in [0.1, 0.15) is 5.69 Å². The van der Waals surface area contributed by atoms with Gasteiger partial charge in [0.05, 0.1) is 6.04 Å². The Kier molecular flexibility index (Phi) is 5.96. The van der Waals surface area contributed by atoms with Gasteiger partial charge >= 0.3 is 0 Å². The number of nitrogens with zero attached hydrogens (tertiary/aromatic N) is 2. The molecule has 1 aliphatic heterocycles. The summed E-state index contributed by atoms with van der Waals surface area (Å²) in [6, 6.07) is 12.0. The molecule has 1 aliphatic rings. The van der Waals surface area contributed by atoms with E-state index in [1.807, 2.05) is 35.9 Å². The summed E-state index contributed by atoms with van der Waals surface area (Å²) < 4.78 is 2.00. The van der Waals surface area contributed by atoms with Gasteiger partial charge in [0.2, 0.25) is 0 Å². The zero-order chi connectivity index (χ0) is 19.4. The Hall–Kier alpha value is -2.60. The summed E-state index contributed by atoms with van der Waals surface area (Å²) in [5, 5.41) is 5.38. The molecular formula is C21H28N4O2. The average molecular weight is 368 g/mol. The minimum absolute atomic E-state index is 0.0651. The molecule has 6 nitrogen and oxygen atoms in total. The quantitative estimate of drug-likeness (QED) is 0.852. The first-order valence-electron chi connectivity index (χ1n) is 9.48. The van der Waals surface area contributed by atoms with Gasteiger partial charge in [-0.25, -0.2) is 0 Å². The molecule has 2 aromatic rings. The van der Waals surface area contributed by atoms with Crippen molar-refractivity contribution >= 4 is 11.8 Å². The summed E-state index contributed by atoms with van der Waals surface area (Å²) in [5.74, 6) is -0.130. The maximum absolute atomic E-state index is 12.0. The van der Waals surface area contributed by atoms with Gasteiger partial charge in [-0.15, -0.1) is 0 Å². The average Bonchev–Trinajstić information content (AvgIpc) is 3.08. The first-order chi connectivity index (χ1) is 13.0. The van der Waals surface area contributed by atoms with E-state index in [0.717, 1.165) is 30.8 Å². The van der Waals surface area contributed by atoms with Gasteiger partial charge in [0, 0.05) is 38.9 Å². The van der Waals surface area contributed by atoms with Crippen molar-refractivity contribution in [1.29, 1.82) is 0 Å². The molecule has 0 saturated carbocycles. The second-order valence-electron chi connectivity index (χ2n) is 7.04. The predicted octanol–water partition coefficient (Wildman–Crippen LogP) is 2.47. The zero-order valence-electron chi connectivity index (χ0n) is 16.3. The highest BCUT2D eigenvalue weighted by Gasteiger charge is 2.27. The van der Waals surface area contributed by atoms with Crippen LogP contribution < -0.4 is 10.6 Å². The van der Waals surface area contributed by atoms with Crippen molar-refractivity contribution in [1.82, 2.24) is 20.1 Å². The maximum atomic E-state index is 12.0. The molecule has 0 spiro atoms. The van der Waals surface area contributed by atoms with E-state index in [9.17, 15) is 9.59 Å². The topological polar surface area (TPSA) is 66.4 Å². The van der Waals surface area contributed by atoms with E-state index in [0.29, 0.717) is 11.3 Å². The van der Waals surface area contributed by atoms with E-state index in [2.05, 4.69) is 27.7 Å². The second-order valence-corrected chi connectivity index (χ2v) is 7.04. The van der Waals surface area contributed by atoms with Gasteiger partial charge in [0.15, 0.2) is 0 Å². The largest absolute Gasteiger partial charge is 0.355 e. The molecular weight excluding hydrogens is 340 g/mol. The second kappa shape index (κ2) is 8.39. The van der Waals surface area contributed by atoms with Crippen LogP contribution in [0.25, 0.3) is 0 Å². The summed E-state index contributed by atoms with van der Waals surface area (Å²) in [7, 11) is 5.26. The third-order valence-electron chi connectivity index (χ3n) is 5.38. The minimum atomic E-state index is -0.0654. The Morgan fingerprint density at radius 3 is 2.59 bits per heavy atom. The number of piperidine rings is 1. The van der Waals surface area contributed by atoms with Crippen molar-refractivity contribution in [2.75, 3.05) is 20.6 Å². The third-order valence-corrected chi connectivity index (χ3v) is 5.38. The lowest BCUT2D eigenvalue weighted by atomic mass is 9.98. The molecule has 27 heavy (non-hydrogen) atoms. The molecule has 6 heteroatoms. The number of aromatic nitrogens is 1. The molecule has 144 valence electrons. The zero-order valence-corrected chi connectivity index (χ0v) is 16.3. The van der Waals surface area contributed by atoms with Gasteiger partial charge in [-0.1, -0.05) is 18.6 Å². The third kappa shape index (κ3) is 4.06. The van der Waals surface area contributed by atoms with Crippen LogP contribution in [0, 0.1) is 0 Å². The molecule has 1 aromatic heterocycles. The van der Waals surface area contributed by atoms with Crippen molar-refractivity contribution < 1.29 is 9.59 Å². The van der Waals surface area contributed by atoms with E-state index >= 15 is 0 Å². The summed E-state index contributed by atoms with van der Waals surface area (Å²) in [5.41, 5.74) is 3.66. The van der Waals surface area contributed by atoms with Crippen LogP contribution in [0.1, 0.15) is 57.4 Å². The Morgan fingerprint density at radius 2 is 1.85 bits per heavy atom. The number of carbonyl (C=O) groups excluding carboxylic acids is 2. The van der Waals surface area contributed by atoms with Crippen molar-refractivity contribution in [2.45, 2.75) is 31.8 Å². The smallest absolute Gasteiger partial charge is 0.267 e. The van der Waals surface area contributed by atoms with Gasteiger partial charge < -0.3 is 15.2 Å². The molecule has 2 N–H and O–H groups in total. The number of rotatable bonds is 5. The van der Waals surface area contributed by atoms with Gasteiger partial charge in [-0.05, 0) is 49.2 Å². The number of likely N-dealkylation sites (tertiary alicyclic amines) is 1. The fourth-order valence-electron chi connectivity index (χ4n) is 3.92. The Morgan fingerprint density at radius 1 is 1.07 bits per heavy atom. The maximum Gasteiger partial charge on any atom is 0.267 e. The predicted molar refractivity (Wildman–Crippen MR) is 106 cm³/mol.